The molecule has 0 saturated heterocycles. The Morgan fingerprint density at radius 3 is 2.30 bits per heavy atom. The molecule has 0 aliphatic carbocycles. The number of rotatable bonds is 5. The Kier molecular flexibility index (Phi) is 6.29. The second kappa shape index (κ2) is 9.57. The second-order valence-electron chi connectivity index (χ2n) is 8.67. The van der Waals surface area contributed by atoms with Crippen LogP contribution in [0.15, 0.2) is 91.1 Å². The third kappa shape index (κ3) is 4.48. The lowest BCUT2D eigenvalue weighted by atomic mass is 9.82. The Balaban J connectivity index is 1.60. The SMILES string of the molecule is CCN1C(=O)[C@H](NC(=O)c2cccc(C(F)(F)F)c2)[C@@H](c2ccccc2)c2cnn(-c3ccccc3)c21. The van der Waals surface area contributed by atoms with Gasteiger partial charge in [-0.05, 0) is 42.8 Å². The standard InChI is InChI=1S/C28H23F3N4O2/c1-2-34-26-22(17-32-35(26)21-14-7-4-8-15-21)23(18-10-5-3-6-11-18)24(27(34)37)33-25(36)19-12-9-13-20(16-19)28(29,30)31/h3-17,23-24H,2H2,1H3,(H,33,36)/t23-,24+/m0/s1. The smallest absolute Gasteiger partial charge is 0.339 e. The van der Waals surface area contributed by atoms with Gasteiger partial charge in [0.2, 0.25) is 0 Å². The molecule has 1 aliphatic rings. The first-order valence-electron chi connectivity index (χ1n) is 11.8. The molecule has 4 aromatic rings. The van der Waals surface area contributed by atoms with Gasteiger partial charge in [0.05, 0.1) is 17.4 Å². The maximum Gasteiger partial charge on any atom is 0.416 e. The van der Waals surface area contributed by atoms with Gasteiger partial charge in [-0.3, -0.25) is 14.5 Å². The Labute approximate surface area is 211 Å². The molecule has 1 aromatic heterocycles. The van der Waals surface area contributed by atoms with Crippen LogP contribution in [0.1, 0.15) is 39.9 Å². The molecule has 0 radical (unpaired) electrons. The van der Waals surface area contributed by atoms with E-state index in [0.717, 1.165) is 28.9 Å². The molecule has 2 heterocycles. The molecule has 2 amide bonds. The van der Waals surface area contributed by atoms with Crippen molar-refractivity contribution in [2.24, 2.45) is 0 Å². The van der Waals surface area contributed by atoms with E-state index in [1.54, 1.807) is 15.8 Å². The number of para-hydroxylation sites is 1. The summed E-state index contributed by atoms with van der Waals surface area (Å²) in [6, 6.07) is 21.7. The van der Waals surface area contributed by atoms with Gasteiger partial charge in [-0.15, -0.1) is 0 Å². The largest absolute Gasteiger partial charge is 0.416 e. The van der Waals surface area contributed by atoms with Crippen LogP contribution in [0.5, 0.6) is 0 Å². The lowest BCUT2D eigenvalue weighted by Gasteiger charge is -2.38. The maximum atomic E-state index is 13.9. The van der Waals surface area contributed by atoms with Crippen LogP contribution in [-0.2, 0) is 11.0 Å². The molecule has 1 N–H and O–H groups in total. The van der Waals surface area contributed by atoms with Crippen molar-refractivity contribution < 1.29 is 22.8 Å². The van der Waals surface area contributed by atoms with Crippen LogP contribution in [-0.4, -0.2) is 34.2 Å². The first-order valence-corrected chi connectivity index (χ1v) is 11.8. The minimum atomic E-state index is -4.59. The predicted octanol–water partition coefficient (Wildman–Crippen LogP) is 5.19. The number of hydrogen-bond donors (Lipinski definition) is 1. The fourth-order valence-corrected chi connectivity index (χ4v) is 4.74. The Morgan fingerprint density at radius 1 is 0.973 bits per heavy atom. The molecule has 0 unspecified atom stereocenters. The minimum Gasteiger partial charge on any atom is -0.339 e. The highest BCUT2D eigenvalue weighted by Gasteiger charge is 2.44. The number of hydrogen-bond acceptors (Lipinski definition) is 3. The van der Waals surface area contributed by atoms with Crippen molar-refractivity contribution in [2.45, 2.75) is 25.1 Å². The number of fused-ring (bicyclic) bond motifs is 1. The number of amides is 2. The summed E-state index contributed by atoms with van der Waals surface area (Å²) < 4.78 is 41.4. The second-order valence-corrected chi connectivity index (χ2v) is 8.67. The summed E-state index contributed by atoms with van der Waals surface area (Å²) in [5.74, 6) is -1.14. The topological polar surface area (TPSA) is 67.2 Å². The third-order valence-corrected chi connectivity index (χ3v) is 6.44. The Morgan fingerprint density at radius 2 is 1.65 bits per heavy atom. The summed E-state index contributed by atoms with van der Waals surface area (Å²) in [5.41, 5.74) is 1.16. The third-order valence-electron chi connectivity index (χ3n) is 6.44. The van der Waals surface area contributed by atoms with Gasteiger partial charge < -0.3 is 5.32 Å². The molecule has 0 saturated carbocycles. The number of carbonyl (C=O) groups excluding carboxylic acids is 2. The molecule has 5 rings (SSSR count). The zero-order chi connectivity index (χ0) is 26.2. The monoisotopic (exact) mass is 504 g/mol. The summed E-state index contributed by atoms with van der Waals surface area (Å²) in [4.78, 5) is 28.6. The first-order chi connectivity index (χ1) is 17.8. The minimum absolute atomic E-state index is 0.178. The van der Waals surface area contributed by atoms with Crippen LogP contribution in [0.3, 0.4) is 0 Å². The molecule has 0 fully saturated rings. The summed E-state index contributed by atoms with van der Waals surface area (Å²) >= 11 is 0. The average molecular weight is 505 g/mol. The number of carbonyl (C=O) groups is 2. The molecule has 37 heavy (non-hydrogen) atoms. The van der Waals surface area contributed by atoms with E-state index >= 15 is 0 Å². The average Bonchev–Trinajstić information content (AvgIpc) is 3.34. The number of halogens is 3. The van der Waals surface area contributed by atoms with Gasteiger partial charge in [-0.25, -0.2) is 4.68 Å². The zero-order valence-electron chi connectivity index (χ0n) is 19.8. The predicted molar refractivity (Wildman–Crippen MR) is 133 cm³/mol. The summed E-state index contributed by atoms with van der Waals surface area (Å²) in [6.45, 7) is 2.13. The van der Waals surface area contributed by atoms with Crippen molar-refractivity contribution in [2.75, 3.05) is 11.4 Å². The molecule has 6 nitrogen and oxygen atoms in total. The van der Waals surface area contributed by atoms with Crippen molar-refractivity contribution >= 4 is 17.6 Å². The van der Waals surface area contributed by atoms with Crippen molar-refractivity contribution in [1.29, 1.82) is 0 Å². The van der Waals surface area contributed by atoms with Crippen LogP contribution in [0, 0.1) is 0 Å². The van der Waals surface area contributed by atoms with Gasteiger partial charge in [-0.2, -0.15) is 18.3 Å². The highest BCUT2D eigenvalue weighted by molar-refractivity contribution is 6.05. The van der Waals surface area contributed by atoms with Crippen LogP contribution in [0.4, 0.5) is 19.0 Å². The number of nitrogens with zero attached hydrogens (tertiary/aromatic N) is 3. The Bertz CT molecular complexity index is 1430. The van der Waals surface area contributed by atoms with Gasteiger partial charge in [-0.1, -0.05) is 54.6 Å². The van der Waals surface area contributed by atoms with E-state index in [9.17, 15) is 22.8 Å². The van der Waals surface area contributed by atoms with E-state index in [2.05, 4.69) is 10.4 Å². The maximum absolute atomic E-state index is 13.9. The molecule has 188 valence electrons. The number of benzene rings is 3. The van der Waals surface area contributed by atoms with Crippen LogP contribution >= 0.6 is 0 Å². The van der Waals surface area contributed by atoms with E-state index in [1.165, 1.54) is 12.1 Å². The summed E-state index contributed by atoms with van der Waals surface area (Å²) in [7, 11) is 0. The van der Waals surface area contributed by atoms with Crippen molar-refractivity contribution in [3.63, 3.8) is 0 Å². The van der Waals surface area contributed by atoms with E-state index < -0.39 is 29.6 Å². The van der Waals surface area contributed by atoms with Crippen LogP contribution in [0.2, 0.25) is 0 Å². The van der Waals surface area contributed by atoms with E-state index in [0.29, 0.717) is 12.4 Å². The molecular weight excluding hydrogens is 481 g/mol. The fourth-order valence-electron chi connectivity index (χ4n) is 4.74. The zero-order valence-corrected chi connectivity index (χ0v) is 19.8. The van der Waals surface area contributed by atoms with Crippen molar-refractivity contribution in [3.8, 4) is 5.69 Å². The van der Waals surface area contributed by atoms with Gasteiger partial charge in [0, 0.05) is 23.6 Å². The molecule has 1 aliphatic heterocycles. The molecule has 0 bridgehead atoms. The van der Waals surface area contributed by atoms with E-state index in [4.69, 9.17) is 0 Å². The van der Waals surface area contributed by atoms with E-state index in [1.807, 2.05) is 67.6 Å². The number of alkyl halides is 3. The summed E-state index contributed by atoms with van der Waals surface area (Å²) in [5, 5.41) is 7.30. The normalized spacial score (nSPS) is 17.4. The molecule has 9 heteroatoms. The van der Waals surface area contributed by atoms with E-state index in [-0.39, 0.29) is 11.5 Å². The number of likely N-dealkylation sites (N-methyl/N-ethyl adjacent to an activating group) is 1. The van der Waals surface area contributed by atoms with Gasteiger partial charge in [0.15, 0.2) is 0 Å². The Hall–Kier alpha value is -4.40. The van der Waals surface area contributed by atoms with Gasteiger partial charge in [0.1, 0.15) is 11.9 Å². The quantitative estimate of drug-likeness (QED) is 0.407. The highest BCUT2D eigenvalue weighted by Crippen LogP contribution is 2.41. The van der Waals surface area contributed by atoms with Crippen molar-refractivity contribution in [3.05, 3.63) is 113 Å². The lowest BCUT2D eigenvalue weighted by molar-refractivity contribution is -0.137. The molecule has 3 aromatic carbocycles. The summed E-state index contributed by atoms with van der Waals surface area (Å²) in [6.07, 6.45) is -2.91. The molecule has 2 atom stereocenters. The van der Waals surface area contributed by atoms with Gasteiger partial charge >= 0.3 is 6.18 Å². The number of nitrogens with one attached hydrogen (secondary N) is 1. The van der Waals surface area contributed by atoms with Crippen molar-refractivity contribution in [1.82, 2.24) is 15.1 Å². The number of aromatic nitrogens is 2. The van der Waals surface area contributed by atoms with Crippen LogP contribution < -0.4 is 10.2 Å². The number of anilines is 1. The lowest BCUT2D eigenvalue weighted by Crippen LogP contribution is -2.55. The molecule has 0 spiro atoms. The fraction of sp³-hybridized carbons (Fsp3) is 0.179. The first kappa shape index (κ1) is 24.3. The van der Waals surface area contributed by atoms with Crippen LogP contribution in [0.25, 0.3) is 5.69 Å². The van der Waals surface area contributed by atoms with Gasteiger partial charge in [0.25, 0.3) is 11.8 Å². The highest BCUT2D eigenvalue weighted by atomic mass is 19.4. The molecular formula is C28H23F3N4O2.